The van der Waals surface area contributed by atoms with Crippen molar-refractivity contribution in [1.82, 2.24) is 19.4 Å². The van der Waals surface area contributed by atoms with Crippen LogP contribution >= 0.6 is 0 Å². The van der Waals surface area contributed by atoms with Gasteiger partial charge in [-0.05, 0) is 42.1 Å². The van der Waals surface area contributed by atoms with E-state index in [2.05, 4.69) is 52.5 Å². The molecule has 3 heterocycles. The third-order valence-corrected chi connectivity index (χ3v) is 7.30. The van der Waals surface area contributed by atoms with E-state index < -0.39 is 0 Å². The normalized spacial score (nSPS) is 18.2. The number of benzene rings is 2. The summed E-state index contributed by atoms with van der Waals surface area (Å²) < 4.78 is 12.9. The molecule has 4 aromatic rings. The summed E-state index contributed by atoms with van der Waals surface area (Å²) in [4.78, 5) is 11.9. The third kappa shape index (κ3) is 5.40. The van der Waals surface area contributed by atoms with Gasteiger partial charge in [0.25, 0.3) is 0 Å². The molecule has 5 rings (SSSR count). The van der Waals surface area contributed by atoms with Crippen molar-refractivity contribution in [2.75, 3.05) is 32.6 Å². The van der Waals surface area contributed by atoms with Crippen LogP contribution in [0.1, 0.15) is 30.0 Å². The van der Waals surface area contributed by atoms with Gasteiger partial charge in [-0.2, -0.15) is 0 Å². The lowest BCUT2D eigenvalue weighted by atomic mass is 9.92. The van der Waals surface area contributed by atoms with Crippen LogP contribution in [0.3, 0.4) is 0 Å². The van der Waals surface area contributed by atoms with Gasteiger partial charge in [0.2, 0.25) is 0 Å². The van der Waals surface area contributed by atoms with Crippen molar-refractivity contribution >= 4 is 16.9 Å². The molecule has 0 bridgehead atoms. The van der Waals surface area contributed by atoms with Crippen LogP contribution in [0.4, 0.5) is 5.69 Å². The Labute approximate surface area is 217 Å². The minimum absolute atomic E-state index is 0.0946. The molecule has 1 saturated heterocycles. The average molecular weight is 502 g/mol. The summed E-state index contributed by atoms with van der Waals surface area (Å²) >= 11 is 0. The van der Waals surface area contributed by atoms with Gasteiger partial charge < -0.3 is 24.5 Å². The molecule has 2 aromatic heterocycles. The number of methoxy groups -OCH3 is 2. The zero-order chi connectivity index (χ0) is 25.8. The van der Waals surface area contributed by atoms with Crippen LogP contribution < -0.4 is 14.8 Å². The SMILES string of the molecule is COc1ccc(Cn2cnc3c(N[C@H]4CN(Cc5ccccc5)CC[C@H]4C)c(CO)cnc32)cc1OC. The molecule has 0 saturated carbocycles. The second-order valence-corrected chi connectivity index (χ2v) is 9.79. The maximum Gasteiger partial charge on any atom is 0.162 e. The molecule has 0 unspecified atom stereocenters. The van der Waals surface area contributed by atoms with Crippen LogP contribution in [0.15, 0.2) is 61.1 Å². The summed E-state index contributed by atoms with van der Waals surface area (Å²) in [6, 6.07) is 16.7. The van der Waals surface area contributed by atoms with Crippen LogP contribution in [-0.2, 0) is 19.7 Å². The number of piperidine rings is 1. The highest BCUT2D eigenvalue weighted by atomic mass is 16.5. The summed E-state index contributed by atoms with van der Waals surface area (Å²) in [6.45, 7) is 5.73. The van der Waals surface area contributed by atoms with Gasteiger partial charge >= 0.3 is 0 Å². The Hall–Kier alpha value is -3.62. The Kier molecular flexibility index (Phi) is 7.58. The summed E-state index contributed by atoms with van der Waals surface area (Å²) in [6.07, 6.45) is 4.68. The smallest absolute Gasteiger partial charge is 0.162 e. The maximum absolute atomic E-state index is 10.1. The van der Waals surface area contributed by atoms with Crippen molar-refractivity contribution < 1.29 is 14.6 Å². The van der Waals surface area contributed by atoms with Crippen molar-refractivity contribution in [2.45, 2.75) is 39.1 Å². The summed E-state index contributed by atoms with van der Waals surface area (Å²) in [5.41, 5.74) is 5.57. The minimum Gasteiger partial charge on any atom is -0.493 e. The van der Waals surface area contributed by atoms with E-state index >= 15 is 0 Å². The molecule has 1 aliphatic heterocycles. The van der Waals surface area contributed by atoms with Crippen molar-refractivity contribution in [3.05, 3.63) is 77.7 Å². The van der Waals surface area contributed by atoms with E-state index in [4.69, 9.17) is 14.5 Å². The first-order chi connectivity index (χ1) is 18.1. The molecule has 2 atom stereocenters. The molecule has 8 nitrogen and oxygen atoms in total. The monoisotopic (exact) mass is 501 g/mol. The van der Waals surface area contributed by atoms with Gasteiger partial charge in [-0.3, -0.25) is 4.90 Å². The predicted octanol–water partition coefficient (Wildman–Crippen LogP) is 4.31. The number of pyridine rings is 1. The molecule has 194 valence electrons. The molecule has 2 N–H and O–H groups in total. The second-order valence-electron chi connectivity index (χ2n) is 9.79. The molecule has 1 aliphatic rings. The number of aliphatic hydroxyl groups is 1. The number of aliphatic hydroxyl groups excluding tert-OH is 1. The van der Waals surface area contributed by atoms with Gasteiger partial charge in [0.15, 0.2) is 17.1 Å². The number of imidazole rings is 1. The molecule has 0 spiro atoms. The number of nitrogens with one attached hydrogen (secondary N) is 1. The van der Waals surface area contributed by atoms with Crippen LogP contribution in [-0.4, -0.2) is 57.9 Å². The Bertz CT molecular complexity index is 1340. The fraction of sp³-hybridized carbons (Fsp3) is 0.379. The molecular weight excluding hydrogens is 466 g/mol. The van der Waals surface area contributed by atoms with Gasteiger partial charge in [0.05, 0.1) is 39.4 Å². The summed E-state index contributed by atoms with van der Waals surface area (Å²) in [7, 11) is 3.27. The lowest BCUT2D eigenvalue weighted by molar-refractivity contribution is 0.170. The molecule has 0 amide bonds. The third-order valence-electron chi connectivity index (χ3n) is 7.30. The molecule has 37 heavy (non-hydrogen) atoms. The zero-order valence-electron chi connectivity index (χ0n) is 21.7. The summed E-state index contributed by atoms with van der Waals surface area (Å²) in [5.74, 6) is 1.88. The number of hydrogen-bond acceptors (Lipinski definition) is 7. The highest BCUT2D eigenvalue weighted by molar-refractivity contribution is 5.87. The fourth-order valence-corrected chi connectivity index (χ4v) is 5.11. The first-order valence-electron chi connectivity index (χ1n) is 12.8. The predicted molar refractivity (Wildman–Crippen MR) is 145 cm³/mol. The fourth-order valence-electron chi connectivity index (χ4n) is 5.11. The lowest BCUT2D eigenvalue weighted by Crippen LogP contribution is -2.46. The first-order valence-corrected chi connectivity index (χ1v) is 12.8. The topological polar surface area (TPSA) is 84.7 Å². The Morgan fingerprint density at radius 2 is 1.81 bits per heavy atom. The first kappa shape index (κ1) is 25.0. The molecule has 2 aromatic carbocycles. The van der Waals surface area contributed by atoms with Gasteiger partial charge in [-0.1, -0.05) is 43.3 Å². The standard InChI is InChI=1S/C29H35N5O3/c1-20-11-12-33(15-21-7-5-4-6-8-21)17-24(20)32-27-23(18-35)14-30-29-28(27)31-19-34(29)16-22-9-10-25(36-2)26(13-22)37-3/h4-10,13-14,19-20,24,35H,11-12,15-18H2,1-3H3,(H,30,32)/t20-,24+/m1/s1. The van der Waals surface area contributed by atoms with E-state index in [-0.39, 0.29) is 12.6 Å². The van der Waals surface area contributed by atoms with Crippen molar-refractivity contribution in [3.8, 4) is 11.5 Å². The molecular formula is C29H35N5O3. The van der Waals surface area contributed by atoms with E-state index in [9.17, 15) is 5.11 Å². The van der Waals surface area contributed by atoms with E-state index in [1.807, 2.05) is 29.1 Å². The van der Waals surface area contributed by atoms with Gasteiger partial charge in [-0.15, -0.1) is 0 Å². The van der Waals surface area contributed by atoms with Crippen molar-refractivity contribution in [1.29, 1.82) is 0 Å². The average Bonchev–Trinajstić information content (AvgIpc) is 3.34. The van der Waals surface area contributed by atoms with Crippen LogP contribution in [0.25, 0.3) is 11.2 Å². The Balaban J connectivity index is 1.39. The zero-order valence-corrected chi connectivity index (χ0v) is 21.7. The highest BCUT2D eigenvalue weighted by Gasteiger charge is 2.28. The van der Waals surface area contributed by atoms with Crippen molar-refractivity contribution in [3.63, 3.8) is 0 Å². The molecule has 8 heteroatoms. The quantitative estimate of drug-likeness (QED) is 0.354. The number of ether oxygens (including phenoxy) is 2. The molecule has 0 aliphatic carbocycles. The second kappa shape index (κ2) is 11.2. The Morgan fingerprint density at radius 3 is 2.57 bits per heavy atom. The van der Waals surface area contributed by atoms with Crippen LogP contribution in [0.5, 0.6) is 11.5 Å². The van der Waals surface area contributed by atoms with Gasteiger partial charge in [-0.25, -0.2) is 9.97 Å². The van der Waals surface area contributed by atoms with Gasteiger partial charge in [0, 0.05) is 30.9 Å². The number of fused-ring (bicyclic) bond motifs is 1. The van der Waals surface area contributed by atoms with Gasteiger partial charge in [0.1, 0.15) is 5.52 Å². The van der Waals surface area contributed by atoms with E-state index in [0.717, 1.165) is 54.0 Å². The molecule has 0 radical (unpaired) electrons. The highest BCUT2D eigenvalue weighted by Crippen LogP contribution is 2.31. The van der Waals surface area contributed by atoms with E-state index in [1.165, 1.54) is 5.56 Å². The number of hydrogen-bond donors (Lipinski definition) is 2. The van der Waals surface area contributed by atoms with Crippen molar-refractivity contribution in [2.24, 2.45) is 5.92 Å². The number of rotatable bonds is 9. The number of nitrogens with zero attached hydrogens (tertiary/aromatic N) is 4. The summed E-state index contributed by atoms with van der Waals surface area (Å²) in [5, 5.41) is 13.9. The maximum atomic E-state index is 10.1. The van der Waals surface area contributed by atoms with E-state index in [0.29, 0.717) is 24.0 Å². The number of likely N-dealkylation sites (tertiary alicyclic amines) is 1. The minimum atomic E-state index is -0.0946. The van der Waals surface area contributed by atoms with Crippen LogP contribution in [0.2, 0.25) is 0 Å². The van der Waals surface area contributed by atoms with Crippen LogP contribution in [0, 0.1) is 5.92 Å². The largest absolute Gasteiger partial charge is 0.493 e. The lowest BCUT2D eigenvalue weighted by Gasteiger charge is -2.38. The number of anilines is 1. The van der Waals surface area contributed by atoms with E-state index in [1.54, 1.807) is 20.4 Å². The Morgan fingerprint density at radius 1 is 1.00 bits per heavy atom. The molecule has 1 fully saturated rings. The number of aromatic nitrogens is 3.